The number of nitrogens with zero attached hydrogens (tertiary/aromatic N) is 3. The minimum atomic E-state index is -2.90. The van der Waals surface area contributed by atoms with E-state index in [0.29, 0.717) is 23.9 Å². The zero-order chi connectivity index (χ0) is 15.0. The van der Waals surface area contributed by atoms with E-state index in [1.165, 1.54) is 11.5 Å². The molecule has 1 fully saturated rings. The molecule has 0 amide bonds. The number of sulfone groups is 1. The standard InChI is InChI=1S/C13H17N3O3S2/c1-8-12(9(2)20-16-8)13-14-11(19-15-13)6-10-4-3-5-21(17,18)7-10/h10H,3-7H2,1-2H3. The van der Waals surface area contributed by atoms with Crippen LogP contribution in [0.2, 0.25) is 0 Å². The molecule has 1 aliphatic heterocycles. The topological polar surface area (TPSA) is 86.0 Å². The number of hydrogen-bond acceptors (Lipinski definition) is 7. The highest BCUT2D eigenvalue weighted by Crippen LogP contribution is 2.28. The predicted molar refractivity (Wildman–Crippen MR) is 80.0 cm³/mol. The lowest BCUT2D eigenvalue weighted by atomic mass is 10.0. The van der Waals surface area contributed by atoms with E-state index < -0.39 is 9.84 Å². The first-order chi connectivity index (χ1) is 9.94. The van der Waals surface area contributed by atoms with Crippen molar-refractivity contribution in [3.63, 3.8) is 0 Å². The van der Waals surface area contributed by atoms with E-state index in [1.807, 2.05) is 13.8 Å². The molecular weight excluding hydrogens is 310 g/mol. The van der Waals surface area contributed by atoms with Crippen molar-refractivity contribution in [1.82, 2.24) is 14.5 Å². The molecule has 2 aromatic rings. The van der Waals surface area contributed by atoms with E-state index in [1.54, 1.807) is 0 Å². The van der Waals surface area contributed by atoms with Gasteiger partial charge in [-0.05, 0) is 44.1 Å². The average Bonchev–Trinajstić information content (AvgIpc) is 2.95. The Hall–Kier alpha value is -1.28. The highest BCUT2D eigenvalue weighted by molar-refractivity contribution is 7.91. The fourth-order valence-corrected chi connectivity index (χ4v) is 5.24. The van der Waals surface area contributed by atoms with Crippen molar-refractivity contribution in [3.8, 4) is 11.4 Å². The number of rotatable bonds is 3. The fraction of sp³-hybridized carbons (Fsp3) is 0.615. The highest BCUT2D eigenvalue weighted by atomic mass is 32.2. The molecule has 114 valence electrons. The van der Waals surface area contributed by atoms with Crippen molar-refractivity contribution >= 4 is 21.4 Å². The summed E-state index contributed by atoms with van der Waals surface area (Å²) >= 11 is 1.42. The van der Waals surface area contributed by atoms with Gasteiger partial charge in [0.25, 0.3) is 0 Å². The molecule has 1 aliphatic rings. The van der Waals surface area contributed by atoms with Crippen molar-refractivity contribution in [2.24, 2.45) is 5.92 Å². The summed E-state index contributed by atoms with van der Waals surface area (Å²) in [5.74, 6) is 1.67. The summed E-state index contributed by atoms with van der Waals surface area (Å²) in [6.45, 7) is 3.90. The number of hydrogen-bond donors (Lipinski definition) is 0. The van der Waals surface area contributed by atoms with E-state index in [9.17, 15) is 8.42 Å². The Morgan fingerprint density at radius 2 is 2.19 bits per heavy atom. The van der Waals surface area contributed by atoms with Crippen LogP contribution in [0.15, 0.2) is 4.52 Å². The maximum absolute atomic E-state index is 11.7. The van der Waals surface area contributed by atoms with E-state index in [2.05, 4.69) is 14.5 Å². The Balaban J connectivity index is 1.77. The molecule has 2 aromatic heterocycles. The fourth-order valence-electron chi connectivity index (χ4n) is 2.77. The van der Waals surface area contributed by atoms with Gasteiger partial charge >= 0.3 is 0 Å². The van der Waals surface area contributed by atoms with Gasteiger partial charge in [-0.3, -0.25) is 0 Å². The first kappa shape index (κ1) is 14.6. The van der Waals surface area contributed by atoms with Gasteiger partial charge < -0.3 is 4.52 Å². The molecule has 0 saturated carbocycles. The van der Waals surface area contributed by atoms with Crippen LogP contribution < -0.4 is 0 Å². The van der Waals surface area contributed by atoms with Crippen LogP contribution in [0.25, 0.3) is 11.4 Å². The molecule has 0 N–H and O–H groups in total. The van der Waals surface area contributed by atoms with E-state index in [-0.39, 0.29) is 11.7 Å². The van der Waals surface area contributed by atoms with Crippen LogP contribution >= 0.6 is 11.5 Å². The summed E-state index contributed by atoms with van der Waals surface area (Å²) in [5.41, 5.74) is 1.82. The molecule has 1 saturated heterocycles. The maximum atomic E-state index is 11.7. The average molecular weight is 327 g/mol. The van der Waals surface area contributed by atoms with Crippen molar-refractivity contribution in [2.45, 2.75) is 33.1 Å². The third-order valence-corrected chi connectivity index (χ3v) is 6.48. The lowest BCUT2D eigenvalue weighted by Gasteiger charge is -2.19. The molecule has 0 aliphatic carbocycles. The number of aromatic nitrogens is 3. The van der Waals surface area contributed by atoms with Crippen LogP contribution in [0, 0.1) is 19.8 Å². The quantitative estimate of drug-likeness (QED) is 0.859. The lowest BCUT2D eigenvalue weighted by Crippen LogP contribution is -2.26. The van der Waals surface area contributed by atoms with Gasteiger partial charge in [0, 0.05) is 11.3 Å². The molecule has 0 aromatic carbocycles. The first-order valence-corrected chi connectivity index (χ1v) is 9.50. The smallest absolute Gasteiger partial charge is 0.227 e. The predicted octanol–water partition coefficient (Wildman–Crippen LogP) is 2.18. The summed E-state index contributed by atoms with van der Waals surface area (Å²) < 4.78 is 32.9. The molecule has 1 unspecified atom stereocenters. The summed E-state index contributed by atoms with van der Waals surface area (Å²) in [5, 5.41) is 4.01. The zero-order valence-corrected chi connectivity index (χ0v) is 13.6. The monoisotopic (exact) mass is 327 g/mol. The second-order valence-electron chi connectivity index (χ2n) is 5.54. The van der Waals surface area contributed by atoms with Gasteiger partial charge in [-0.1, -0.05) is 5.16 Å². The first-order valence-electron chi connectivity index (χ1n) is 6.91. The summed E-state index contributed by atoms with van der Waals surface area (Å²) in [6.07, 6.45) is 2.15. The molecule has 0 spiro atoms. The van der Waals surface area contributed by atoms with Crippen LogP contribution in [0.4, 0.5) is 0 Å². The summed E-state index contributed by atoms with van der Waals surface area (Å²) in [7, 11) is -2.90. The maximum Gasteiger partial charge on any atom is 0.227 e. The molecular formula is C13H17N3O3S2. The molecule has 21 heavy (non-hydrogen) atoms. The van der Waals surface area contributed by atoms with Crippen LogP contribution in [0.3, 0.4) is 0 Å². The zero-order valence-electron chi connectivity index (χ0n) is 12.0. The Morgan fingerprint density at radius 1 is 1.38 bits per heavy atom. The Bertz CT molecular complexity index is 729. The lowest BCUT2D eigenvalue weighted by molar-refractivity contribution is 0.350. The minimum Gasteiger partial charge on any atom is -0.339 e. The van der Waals surface area contributed by atoms with E-state index in [4.69, 9.17) is 4.52 Å². The van der Waals surface area contributed by atoms with Gasteiger partial charge in [-0.15, -0.1) is 0 Å². The van der Waals surface area contributed by atoms with Gasteiger partial charge in [0.15, 0.2) is 9.84 Å². The Labute approximate surface area is 127 Å². The van der Waals surface area contributed by atoms with Crippen molar-refractivity contribution in [2.75, 3.05) is 11.5 Å². The van der Waals surface area contributed by atoms with Gasteiger partial charge in [-0.2, -0.15) is 9.36 Å². The van der Waals surface area contributed by atoms with E-state index in [0.717, 1.165) is 29.0 Å². The molecule has 0 radical (unpaired) electrons. The Kier molecular flexibility index (Phi) is 3.83. The second-order valence-corrected chi connectivity index (χ2v) is 8.74. The molecule has 8 heteroatoms. The number of aryl methyl sites for hydroxylation is 2. The SMILES string of the molecule is Cc1nsc(C)c1-c1noc(CC2CCCS(=O)(=O)C2)n1. The van der Waals surface area contributed by atoms with Crippen molar-refractivity contribution in [1.29, 1.82) is 0 Å². The second kappa shape index (κ2) is 5.49. The largest absolute Gasteiger partial charge is 0.339 e. The van der Waals surface area contributed by atoms with Crippen LogP contribution in [0.1, 0.15) is 29.3 Å². The van der Waals surface area contributed by atoms with Crippen LogP contribution in [0.5, 0.6) is 0 Å². The summed E-state index contributed by atoms with van der Waals surface area (Å²) in [6, 6.07) is 0. The Morgan fingerprint density at radius 3 is 2.86 bits per heavy atom. The third-order valence-electron chi connectivity index (χ3n) is 3.75. The molecule has 3 heterocycles. The van der Waals surface area contributed by atoms with Gasteiger partial charge in [0.05, 0.1) is 22.8 Å². The highest BCUT2D eigenvalue weighted by Gasteiger charge is 2.27. The molecule has 6 nitrogen and oxygen atoms in total. The minimum absolute atomic E-state index is 0.0832. The van der Waals surface area contributed by atoms with Gasteiger partial charge in [0.1, 0.15) is 0 Å². The third kappa shape index (κ3) is 3.16. The molecule has 1 atom stereocenters. The van der Waals surface area contributed by atoms with Gasteiger partial charge in [0.2, 0.25) is 11.7 Å². The van der Waals surface area contributed by atoms with Crippen molar-refractivity contribution in [3.05, 3.63) is 16.5 Å². The molecule has 0 bridgehead atoms. The van der Waals surface area contributed by atoms with Crippen LogP contribution in [-0.4, -0.2) is 34.4 Å². The van der Waals surface area contributed by atoms with Crippen molar-refractivity contribution < 1.29 is 12.9 Å². The van der Waals surface area contributed by atoms with E-state index >= 15 is 0 Å². The van der Waals surface area contributed by atoms with Gasteiger partial charge in [-0.25, -0.2) is 8.42 Å². The van der Waals surface area contributed by atoms with Crippen LogP contribution in [-0.2, 0) is 16.3 Å². The summed E-state index contributed by atoms with van der Waals surface area (Å²) in [4.78, 5) is 5.47. The normalized spacial score (nSPS) is 21.5. The molecule has 3 rings (SSSR count).